The molecule has 2 fully saturated rings. The molecule has 9 heteroatoms. The third-order valence-corrected chi connectivity index (χ3v) is 6.78. The second-order valence-electron chi connectivity index (χ2n) is 9.12. The van der Waals surface area contributed by atoms with E-state index in [9.17, 15) is 18.8 Å². The summed E-state index contributed by atoms with van der Waals surface area (Å²) in [4.78, 5) is 43.9. The van der Waals surface area contributed by atoms with Gasteiger partial charge in [0.1, 0.15) is 5.82 Å². The van der Waals surface area contributed by atoms with Gasteiger partial charge in [0, 0.05) is 55.6 Å². The van der Waals surface area contributed by atoms with Gasteiger partial charge >= 0.3 is 0 Å². The Bertz CT molecular complexity index is 1050. The number of nitrogens with zero attached hydrogens (tertiary/aromatic N) is 3. The van der Waals surface area contributed by atoms with Crippen molar-refractivity contribution in [2.45, 2.75) is 19.8 Å². The van der Waals surface area contributed by atoms with Gasteiger partial charge in [0.25, 0.3) is 5.91 Å². The average molecular weight is 497 g/mol. The molecule has 2 aliphatic heterocycles. The lowest BCUT2D eigenvalue weighted by Crippen LogP contribution is -2.46. The molecule has 2 heterocycles. The van der Waals surface area contributed by atoms with Gasteiger partial charge < -0.3 is 24.8 Å². The highest BCUT2D eigenvalue weighted by Gasteiger charge is 2.31. The minimum Gasteiger partial charge on any atom is -0.378 e. The maximum atomic E-state index is 13.1. The zero-order valence-electron chi connectivity index (χ0n) is 20.6. The molecular formula is C27H33FN4O4. The summed E-state index contributed by atoms with van der Waals surface area (Å²) in [5.74, 6) is -1.09. The number of nitrogens with one attached hydrogen (secondary N) is 1. The summed E-state index contributed by atoms with van der Waals surface area (Å²) in [6, 6.07) is 13.2. The van der Waals surface area contributed by atoms with Crippen LogP contribution in [0.25, 0.3) is 0 Å². The average Bonchev–Trinajstić information content (AvgIpc) is 2.92. The number of morpholine rings is 1. The van der Waals surface area contributed by atoms with Gasteiger partial charge in [-0.1, -0.05) is 0 Å². The first-order valence-corrected chi connectivity index (χ1v) is 12.5. The van der Waals surface area contributed by atoms with Crippen LogP contribution in [0.1, 0.15) is 30.1 Å². The third kappa shape index (κ3) is 6.40. The molecule has 0 radical (unpaired) electrons. The van der Waals surface area contributed by atoms with Gasteiger partial charge in [-0.2, -0.15) is 0 Å². The number of rotatable bonds is 7. The molecule has 3 amide bonds. The SMILES string of the molecule is CCN(CC(=O)Nc1ccc(N2CCOCC2)cc1)C(=O)C1CCN(C(=O)c2ccc(F)cc2)CC1. The summed E-state index contributed by atoms with van der Waals surface area (Å²) in [5.41, 5.74) is 2.21. The van der Waals surface area contributed by atoms with E-state index in [1.54, 1.807) is 9.80 Å². The van der Waals surface area contributed by atoms with Crippen LogP contribution in [0.2, 0.25) is 0 Å². The Labute approximate surface area is 211 Å². The number of carbonyl (C=O) groups excluding carboxylic acids is 3. The number of piperidine rings is 1. The van der Waals surface area contributed by atoms with E-state index < -0.39 is 0 Å². The van der Waals surface area contributed by atoms with E-state index in [-0.39, 0.29) is 36.0 Å². The quantitative estimate of drug-likeness (QED) is 0.637. The Morgan fingerprint density at radius 3 is 2.22 bits per heavy atom. The molecule has 0 aliphatic carbocycles. The first-order valence-electron chi connectivity index (χ1n) is 12.5. The van der Waals surface area contributed by atoms with Crippen molar-refractivity contribution in [3.8, 4) is 0 Å². The summed E-state index contributed by atoms with van der Waals surface area (Å²) in [6.07, 6.45) is 1.07. The molecule has 36 heavy (non-hydrogen) atoms. The molecule has 4 rings (SSSR count). The number of halogens is 1. The van der Waals surface area contributed by atoms with E-state index in [0.717, 1.165) is 18.8 Å². The Balaban J connectivity index is 1.26. The minimum absolute atomic E-state index is 0.0186. The van der Waals surface area contributed by atoms with Crippen molar-refractivity contribution in [1.29, 1.82) is 0 Å². The summed E-state index contributed by atoms with van der Waals surface area (Å²) in [6.45, 7) is 6.28. The number of hydrogen-bond donors (Lipinski definition) is 1. The fourth-order valence-corrected chi connectivity index (χ4v) is 4.66. The molecule has 192 valence electrons. The monoisotopic (exact) mass is 496 g/mol. The Morgan fingerprint density at radius 1 is 0.972 bits per heavy atom. The number of carbonyl (C=O) groups is 3. The van der Waals surface area contributed by atoms with Crippen LogP contribution in [0, 0.1) is 11.7 Å². The highest BCUT2D eigenvalue weighted by atomic mass is 19.1. The lowest BCUT2D eigenvalue weighted by Gasteiger charge is -2.34. The molecule has 1 N–H and O–H groups in total. The fraction of sp³-hybridized carbons (Fsp3) is 0.444. The Kier molecular flexibility index (Phi) is 8.53. The van der Waals surface area contributed by atoms with Crippen molar-refractivity contribution in [3.63, 3.8) is 0 Å². The molecule has 2 aromatic carbocycles. The topological polar surface area (TPSA) is 82.2 Å². The largest absolute Gasteiger partial charge is 0.378 e. The molecule has 0 bridgehead atoms. The van der Waals surface area contributed by atoms with Crippen molar-refractivity contribution >= 4 is 29.1 Å². The second-order valence-corrected chi connectivity index (χ2v) is 9.12. The van der Waals surface area contributed by atoms with Gasteiger partial charge in [-0.3, -0.25) is 14.4 Å². The maximum Gasteiger partial charge on any atom is 0.253 e. The molecule has 0 aromatic heterocycles. The molecule has 0 saturated carbocycles. The normalized spacial score (nSPS) is 16.5. The fourth-order valence-electron chi connectivity index (χ4n) is 4.66. The highest BCUT2D eigenvalue weighted by Crippen LogP contribution is 2.22. The minimum atomic E-state index is -0.385. The standard InChI is InChI=1S/C27H33FN4O4/c1-2-30(19-25(33)29-23-7-9-24(10-8-23)31-15-17-36-18-16-31)26(34)21-11-13-32(14-12-21)27(35)20-3-5-22(28)6-4-20/h3-10,21H,2,11-19H2,1H3,(H,29,33). The molecule has 2 saturated heterocycles. The molecule has 2 aromatic rings. The predicted molar refractivity (Wildman–Crippen MR) is 135 cm³/mol. The van der Waals surface area contributed by atoms with Gasteiger partial charge in [-0.05, 0) is 68.3 Å². The first kappa shape index (κ1) is 25.6. The van der Waals surface area contributed by atoms with Crippen LogP contribution < -0.4 is 10.2 Å². The molecule has 0 atom stereocenters. The first-order chi connectivity index (χ1) is 17.4. The van der Waals surface area contributed by atoms with E-state index in [0.29, 0.717) is 56.9 Å². The number of amides is 3. The number of benzene rings is 2. The lowest BCUT2D eigenvalue weighted by molar-refractivity contribution is -0.139. The molecule has 2 aliphatic rings. The smallest absolute Gasteiger partial charge is 0.253 e. The number of ether oxygens (including phenoxy) is 1. The summed E-state index contributed by atoms with van der Waals surface area (Å²) >= 11 is 0. The number of likely N-dealkylation sites (tertiary alicyclic amines) is 1. The Morgan fingerprint density at radius 2 is 1.61 bits per heavy atom. The second kappa shape index (κ2) is 12.0. The van der Waals surface area contributed by atoms with Crippen LogP contribution in [-0.2, 0) is 14.3 Å². The number of likely N-dealkylation sites (N-methyl/N-ethyl adjacent to an activating group) is 1. The molecular weight excluding hydrogens is 463 g/mol. The molecule has 0 spiro atoms. The highest BCUT2D eigenvalue weighted by molar-refractivity contribution is 5.95. The lowest BCUT2D eigenvalue weighted by atomic mass is 9.94. The molecule has 8 nitrogen and oxygen atoms in total. The van der Waals surface area contributed by atoms with Crippen LogP contribution in [0.4, 0.5) is 15.8 Å². The van der Waals surface area contributed by atoms with Gasteiger partial charge in [0.05, 0.1) is 19.8 Å². The van der Waals surface area contributed by atoms with E-state index in [2.05, 4.69) is 10.2 Å². The summed E-state index contributed by atoms with van der Waals surface area (Å²) < 4.78 is 18.5. The van der Waals surface area contributed by atoms with E-state index in [1.807, 2.05) is 31.2 Å². The summed E-state index contributed by atoms with van der Waals surface area (Å²) in [7, 11) is 0. The van der Waals surface area contributed by atoms with E-state index in [1.165, 1.54) is 24.3 Å². The number of hydrogen-bond acceptors (Lipinski definition) is 5. The van der Waals surface area contributed by atoms with Gasteiger partial charge in [0.15, 0.2) is 0 Å². The summed E-state index contributed by atoms with van der Waals surface area (Å²) in [5, 5.41) is 2.88. The van der Waals surface area contributed by atoms with Gasteiger partial charge in [0.2, 0.25) is 11.8 Å². The van der Waals surface area contributed by atoms with E-state index >= 15 is 0 Å². The van der Waals surface area contributed by atoms with Gasteiger partial charge in [-0.15, -0.1) is 0 Å². The van der Waals surface area contributed by atoms with E-state index in [4.69, 9.17) is 4.74 Å². The number of anilines is 2. The van der Waals surface area contributed by atoms with Crippen LogP contribution in [0.15, 0.2) is 48.5 Å². The Hall–Kier alpha value is -3.46. The van der Waals surface area contributed by atoms with Crippen molar-refractivity contribution in [2.24, 2.45) is 5.92 Å². The van der Waals surface area contributed by atoms with Gasteiger partial charge in [-0.25, -0.2) is 4.39 Å². The predicted octanol–water partition coefficient (Wildman–Crippen LogP) is 3.00. The zero-order valence-corrected chi connectivity index (χ0v) is 20.6. The third-order valence-electron chi connectivity index (χ3n) is 6.78. The molecule has 0 unspecified atom stereocenters. The van der Waals surface area contributed by atoms with Crippen LogP contribution in [0.3, 0.4) is 0 Å². The van der Waals surface area contributed by atoms with Crippen LogP contribution in [-0.4, -0.2) is 80.0 Å². The van der Waals surface area contributed by atoms with Crippen molar-refractivity contribution in [1.82, 2.24) is 9.80 Å². The van der Waals surface area contributed by atoms with Crippen molar-refractivity contribution in [3.05, 3.63) is 59.9 Å². The van der Waals surface area contributed by atoms with Crippen LogP contribution >= 0.6 is 0 Å². The van der Waals surface area contributed by atoms with Crippen molar-refractivity contribution < 1.29 is 23.5 Å². The zero-order chi connectivity index (χ0) is 25.5. The maximum absolute atomic E-state index is 13.1. The van der Waals surface area contributed by atoms with Crippen LogP contribution in [0.5, 0.6) is 0 Å². The van der Waals surface area contributed by atoms with Crippen molar-refractivity contribution in [2.75, 3.05) is 62.7 Å².